The van der Waals surface area contributed by atoms with E-state index >= 15 is 0 Å². The Morgan fingerprint density at radius 2 is 2.00 bits per heavy atom. The monoisotopic (exact) mass is 162 g/mol. The fourth-order valence-electron chi connectivity index (χ4n) is 0.707. The van der Waals surface area contributed by atoms with Crippen LogP contribution < -0.4 is 18.9 Å². The predicted octanol–water partition coefficient (Wildman–Crippen LogP) is -0.651. The fraction of sp³-hybridized carbons (Fsp3) is 0.500. The van der Waals surface area contributed by atoms with Crippen LogP contribution in [0.25, 0.3) is 0 Å². The van der Waals surface area contributed by atoms with Crippen molar-refractivity contribution in [2.45, 2.75) is 12.8 Å². The van der Waals surface area contributed by atoms with E-state index < -0.39 is 0 Å². The van der Waals surface area contributed by atoms with Gasteiger partial charge in [0.2, 0.25) is 0 Å². The van der Waals surface area contributed by atoms with Crippen LogP contribution in [0.2, 0.25) is 0 Å². The number of hydrogen-bond acceptors (Lipinski definition) is 2. The van der Waals surface area contributed by atoms with E-state index in [2.05, 4.69) is 5.38 Å². The zero-order valence-electron chi connectivity index (χ0n) is 6.88. The van der Waals surface area contributed by atoms with Crippen molar-refractivity contribution in [3.05, 3.63) is 22.9 Å². The Hall–Kier alpha value is 0.257. The molecule has 56 valence electrons. The third kappa shape index (κ3) is 6.65. The maximum absolute atomic E-state index is 4.94. The third-order valence-electron chi connectivity index (χ3n) is 1.21. The van der Waals surface area contributed by atoms with Crippen molar-refractivity contribution in [2.24, 2.45) is 0 Å². The first-order chi connectivity index (χ1) is 5.00. The molecular weight excluding hydrogens is 151 g/mol. The first-order valence-electron chi connectivity index (χ1n) is 3.47. The molecule has 1 aliphatic rings. The van der Waals surface area contributed by atoms with Crippen LogP contribution in [-0.4, -0.2) is 13.2 Å². The van der Waals surface area contributed by atoms with Crippen LogP contribution in [0.4, 0.5) is 0 Å². The zero-order valence-corrected chi connectivity index (χ0v) is 7.69. The Morgan fingerprint density at radius 1 is 1.27 bits per heavy atom. The molecule has 0 spiro atoms. The summed E-state index contributed by atoms with van der Waals surface area (Å²) in [5.74, 6) is 0. The van der Waals surface area contributed by atoms with Gasteiger partial charge in [-0.05, 0) is 12.8 Å². The van der Waals surface area contributed by atoms with Crippen molar-refractivity contribution in [2.75, 3.05) is 13.2 Å². The summed E-state index contributed by atoms with van der Waals surface area (Å²) in [5.41, 5.74) is 0. The average molecular weight is 162 g/mol. The van der Waals surface area contributed by atoms with E-state index in [1.807, 2.05) is 17.5 Å². The molecule has 0 atom stereocenters. The Balaban J connectivity index is 0.000000167. The molecule has 2 heterocycles. The van der Waals surface area contributed by atoms with Crippen LogP contribution in [0, 0.1) is 5.38 Å². The molecule has 0 unspecified atom stereocenters. The Kier molecular flexibility index (Phi) is 8.55. The molecule has 0 N–H and O–H groups in total. The second-order valence-electron chi connectivity index (χ2n) is 2.05. The van der Waals surface area contributed by atoms with E-state index in [0.717, 1.165) is 13.2 Å². The maximum Gasteiger partial charge on any atom is 1.00 e. The molecule has 0 amide bonds. The molecule has 1 aromatic heterocycles. The minimum atomic E-state index is 0. The number of rotatable bonds is 0. The molecule has 1 nitrogen and oxygen atoms in total. The summed E-state index contributed by atoms with van der Waals surface area (Å²) in [6.07, 6.45) is 2.56. The molecule has 0 bridgehead atoms. The van der Waals surface area contributed by atoms with Crippen molar-refractivity contribution in [1.29, 1.82) is 0 Å². The molecule has 1 aromatic rings. The van der Waals surface area contributed by atoms with E-state index in [1.165, 1.54) is 12.8 Å². The van der Waals surface area contributed by atoms with Gasteiger partial charge in [-0.2, -0.15) is 11.4 Å². The topological polar surface area (TPSA) is 9.23 Å². The van der Waals surface area contributed by atoms with Gasteiger partial charge in [-0.3, -0.25) is 0 Å². The Labute approximate surface area is 83.9 Å². The van der Waals surface area contributed by atoms with Gasteiger partial charge in [-0.25, -0.2) is 6.07 Å². The SMILES string of the molecule is C1CCOC1.[Li+].[c-]1cccs1. The summed E-state index contributed by atoms with van der Waals surface area (Å²) in [7, 11) is 0. The van der Waals surface area contributed by atoms with E-state index in [1.54, 1.807) is 11.3 Å². The van der Waals surface area contributed by atoms with E-state index in [0.29, 0.717) is 0 Å². The Bertz CT molecular complexity index is 113. The predicted molar refractivity (Wildman–Crippen MR) is 43.2 cm³/mol. The van der Waals surface area contributed by atoms with Gasteiger partial charge in [0, 0.05) is 13.2 Å². The molecule has 2 rings (SSSR count). The second kappa shape index (κ2) is 8.35. The summed E-state index contributed by atoms with van der Waals surface area (Å²) >= 11 is 1.59. The maximum atomic E-state index is 4.94. The molecule has 0 radical (unpaired) electrons. The minimum absolute atomic E-state index is 0. The molecule has 1 aliphatic heterocycles. The van der Waals surface area contributed by atoms with Crippen LogP contribution in [0.1, 0.15) is 12.8 Å². The summed E-state index contributed by atoms with van der Waals surface area (Å²) in [5, 5.41) is 4.89. The van der Waals surface area contributed by atoms with Crippen molar-refractivity contribution in [3.63, 3.8) is 0 Å². The quantitative estimate of drug-likeness (QED) is 0.364. The first-order valence-corrected chi connectivity index (χ1v) is 4.35. The van der Waals surface area contributed by atoms with Crippen LogP contribution in [0.5, 0.6) is 0 Å². The third-order valence-corrected chi connectivity index (χ3v) is 1.77. The summed E-state index contributed by atoms with van der Waals surface area (Å²) in [4.78, 5) is 0. The fourth-order valence-corrected chi connectivity index (χ4v) is 1.10. The number of ether oxygens (including phenoxy) is 1. The smallest absolute Gasteiger partial charge is 0.381 e. The molecule has 1 saturated heterocycles. The largest absolute Gasteiger partial charge is 1.00 e. The normalized spacial score (nSPS) is 14.5. The van der Waals surface area contributed by atoms with E-state index in [-0.39, 0.29) is 18.9 Å². The van der Waals surface area contributed by atoms with E-state index in [4.69, 9.17) is 4.74 Å². The van der Waals surface area contributed by atoms with Gasteiger partial charge in [0.15, 0.2) is 0 Å². The van der Waals surface area contributed by atoms with Gasteiger partial charge in [0.1, 0.15) is 0 Å². The van der Waals surface area contributed by atoms with Crippen molar-refractivity contribution in [3.8, 4) is 0 Å². The van der Waals surface area contributed by atoms with Gasteiger partial charge >= 0.3 is 18.9 Å². The molecular formula is C8H11LiOS. The summed E-state index contributed by atoms with van der Waals surface area (Å²) in [6, 6.07) is 3.86. The minimum Gasteiger partial charge on any atom is -0.381 e. The first kappa shape index (κ1) is 11.3. The molecule has 0 saturated carbocycles. The molecule has 3 heteroatoms. The zero-order chi connectivity index (χ0) is 7.07. The second-order valence-corrected chi connectivity index (χ2v) is 2.79. The van der Waals surface area contributed by atoms with Crippen LogP contribution in [0.15, 0.2) is 17.5 Å². The van der Waals surface area contributed by atoms with Gasteiger partial charge in [-0.1, -0.05) is 0 Å². The number of hydrogen-bond donors (Lipinski definition) is 0. The van der Waals surface area contributed by atoms with Crippen LogP contribution in [-0.2, 0) is 4.74 Å². The summed E-state index contributed by atoms with van der Waals surface area (Å²) in [6.45, 7) is 2.00. The standard InChI is InChI=1S/C4H8O.C4H3S.Li/c2*1-2-4-5-3-1;/h1-4H2;1-3H;/q;-1;+1. The molecule has 0 aromatic carbocycles. The van der Waals surface area contributed by atoms with Crippen LogP contribution >= 0.6 is 11.3 Å². The van der Waals surface area contributed by atoms with Crippen molar-refractivity contribution < 1.29 is 23.6 Å². The van der Waals surface area contributed by atoms with E-state index in [9.17, 15) is 0 Å². The van der Waals surface area contributed by atoms with Gasteiger partial charge in [0.25, 0.3) is 0 Å². The average Bonchev–Trinajstić information content (AvgIpc) is 2.67. The van der Waals surface area contributed by atoms with Crippen molar-refractivity contribution in [1.82, 2.24) is 0 Å². The van der Waals surface area contributed by atoms with Gasteiger partial charge < -0.3 is 16.1 Å². The molecule has 0 aliphatic carbocycles. The molecule has 11 heavy (non-hydrogen) atoms. The van der Waals surface area contributed by atoms with Crippen molar-refractivity contribution >= 4 is 11.3 Å². The summed E-state index contributed by atoms with van der Waals surface area (Å²) < 4.78 is 4.94. The Morgan fingerprint density at radius 3 is 2.18 bits per heavy atom. The van der Waals surface area contributed by atoms with Gasteiger partial charge in [0.05, 0.1) is 0 Å². The number of thiophene rings is 1. The molecule has 1 fully saturated rings. The van der Waals surface area contributed by atoms with Gasteiger partial charge in [-0.15, -0.1) is 5.38 Å². The van der Waals surface area contributed by atoms with Crippen LogP contribution in [0.3, 0.4) is 0 Å².